The first-order chi connectivity index (χ1) is 16.6. The molecule has 6 nitrogen and oxygen atoms in total. The molecule has 0 spiro atoms. The average molecular weight is 486 g/mol. The van der Waals surface area contributed by atoms with E-state index in [-0.39, 0.29) is 30.6 Å². The number of carboxylic acid groups (broad SMARTS) is 1. The fraction of sp³-hybridized carbons (Fsp3) is 0.231. The van der Waals surface area contributed by atoms with Crippen LogP contribution < -0.4 is 10.6 Å². The molecule has 9 heteroatoms. The van der Waals surface area contributed by atoms with Gasteiger partial charge in [-0.2, -0.15) is 13.2 Å². The third-order valence-corrected chi connectivity index (χ3v) is 5.39. The van der Waals surface area contributed by atoms with E-state index >= 15 is 0 Å². The molecule has 3 aromatic carbocycles. The number of amides is 1. The first-order valence-electron chi connectivity index (χ1n) is 10.9. The Balaban J connectivity index is 1.68. The van der Waals surface area contributed by atoms with Gasteiger partial charge in [0.2, 0.25) is 0 Å². The van der Waals surface area contributed by atoms with Gasteiger partial charge in [0.15, 0.2) is 0 Å². The van der Waals surface area contributed by atoms with Crippen molar-refractivity contribution in [3.8, 4) is 0 Å². The van der Waals surface area contributed by atoms with Crippen molar-refractivity contribution in [3.05, 3.63) is 107 Å². The number of rotatable bonds is 10. The zero-order valence-electron chi connectivity index (χ0n) is 18.6. The number of aliphatic hydroxyl groups excluding tert-OH is 1. The fourth-order valence-corrected chi connectivity index (χ4v) is 3.56. The zero-order valence-corrected chi connectivity index (χ0v) is 18.6. The largest absolute Gasteiger partial charge is 0.478 e. The highest BCUT2D eigenvalue weighted by Crippen LogP contribution is 2.29. The standard InChI is InChI=1S/C26H25F3N2O4/c27-26(28,29)21-11-4-8-18(12-21)15-30-16-23(32)22(13-17-6-2-1-3-7-17)31-24(33)19-9-5-10-20(14-19)25(34)35/h1-12,14,22-23,30,32H,13,15-16H2,(H,31,33)(H,34,35)/t22-,23-/m0/s1. The summed E-state index contributed by atoms with van der Waals surface area (Å²) in [6, 6.07) is 18.9. The first-order valence-corrected chi connectivity index (χ1v) is 10.9. The maximum Gasteiger partial charge on any atom is 0.416 e. The van der Waals surface area contributed by atoms with E-state index in [2.05, 4.69) is 10.6 Å². The Morgan fingerprint density at radius 3 is 2.20 bits per heavy atom. The van der Waals surface area contributed by atoms with Crippen molar-refractivity contribution in [2.24, 2.45) is 0 Å². The summed E-state index contributed by atoms with van der Waals surface area (Å²) in [6.45, 7) is 0.0941. The molecule has 0 aliphatic heterocycles. The van der Waals surface area contributed by atoms with Gasteiger partial charge in [0.1, 0.15) is 0 Å². The molecule has 0 fully saturated rings. The molecule has 3 aromatic rings. The van der Waals surface area contributed by atoms with Gasteiger partial charge in [-0.05, 0) is 41.8 Å². The van der Waals surface area contributed by atoms with E-state index < -0.39 is 35.8 Å². The number of hydrogen-bond donors (Lipinski definition) is 4. The van der Waals surface area contributed by atoms with Crippen LogP contribution in [-0.2, 0) is 19.1 Å². The van der Waals surface area contributed by atoms with Crippen molar-refractivity contribution in [1.82, 2.24) is 10.6 Å². The molecule has 0 aliphatic carbocycles. The molecule has 35 heavy (non-hydrogen) atoms. The van der Waals surface area contributed by atoms with Crippen LogP contribution in [0.2, 0.25) is 0 Å². The Bertz CT molecular complexity index is 1150. The lowest BCUT2D eigenvalue weighted by molar-refractivity contribution is -0.137. The van der Waals surface area contributed by atoms with E-state index in [1.54, 1.807) is 6.07 Å². The minimum Gasteiger partial charge on any atom is -0.478 e. The monoisotopic (exact) mass is 486 g/mol. The second kappa shape index (κ2) is 11.6. The number of carboxylic acids is 1. The molecule has 0 unspecified atom stereocenters. The van der Waals surface area contributed by atoms with E-state index in [1.165, 1.54) is 30.3 Å². The highest BCUT2D eigenvalue weighted by atomic mass is 19.4. The molecular formula is C26H25F3N2O4. The number of nitrogens with one attached hydrogen (secondary N) is 2. The fourth-order valence-electron chi connectivity index (χ4n) is 3.56. The summed E-state index contributed by atoms with van der Waals surface area (Å²) in [7, 11) is 0. The zero-order chi connectivity index (χ0) is 25.4. The third-order valence-electron chi connectivity index (χ3n) is 5.39. The molecule has 0 bridgehead atoms. The van der Waals surface area contributed by atoms with E-state index in [0.717, 1.165) is 17.7 Å². The van der Waals surface area contributed by atoms with Gasteiger partial charge in [-0.25, -0.2) is 4.79 Å². The smallest absolute Gasteiger partial charge is 0.416 e. The predicted molar refractivity (Wildman–Crippen MR) is 124 cm³/mol. The van der Waals surface area contributed by atoms with Gasteiger partial charge < -0.3 is 20.8 Å². The van der Waals surface area contributed by atoms with Crippen LogP contribution >= 0.6 is 0 Å². The average Bonchev–Trinajstić information content (AvgIpc) is 2.84. The number of benzene rings is 3. The number of alkyl halides is 3. The van der Waals surface area contributed by atoms with Crippen LogP contribution in [0.25, 0.3) is 0 Å². The van der Waals surface area contributed by atoms with Gasteiger partial charge in [0, 0.05) is 18.7 Å². The second-order valence-corrected chi connectivity index (χ2v) is 8.05. The van der Waals surface area contributed by atoms with Crippen LogP contribution in [0.15, 0.2) is 78.9 Å². The minimum atomic E-state index is -4.45. The van der Waals surface area contributed by atoms with E-state index in [4.69, 9.17) is 5.11 Å². The first kappa shape index (κ1) is 25.9. The lowest BCUT2D eigenvalue weighted by Crippen LogP contribution is -2.48. The van der Waals surface area contributed by atoms with Crippen molar-refractivity contribution in [2.45, 2.75) is 31.3 Å². The number of aliphatic hydroxyl groups is 1. The van der Waals surface area contributed by atoms with Crippen molar-refractivity contribution in [1.29, 1.82) is 0 Å². The molecule has 3 rings (SSSR count). The molecule has 0 radical (unpaired) electrons. The number of hydrogen-bond acceptors (Lipinski definition) is 4. The summed E-state index contributed by atoms with van der Waals surface area (Å²) >= 11 is 0. The lowest BCUT2D eigenvalue weighted by atomic mass is 10.00. The maximum absolute atomic E-state index is 12.9. The van der Waals surface area contributed by atoms with Crippen LogP contribution in [-0.4, -0.2) is 40.8 Å². The predicted octanol–water partition coefficient (Wildman–Crippen LogP) is 3.90. The highest BCUT2D eigenvalue weighted by Gasteiger charge is 2.30. The molecule has 0 saturated carbocycles. The van der Waals surface area contributed by atoms with Gasteiger partial charge in [-0.3, -0.25) is 4.79 Å². The van der Waals surface area contributed by atoms with Crippen molar-refractivity contribution in [3.63, 3.8) is 0 Å². The Hall–Kier alpha value is -3.69. The Morgan fingerprint density at radius 1 is 0.857 bits per heavy atom. The number of carbonyl (C=O) groups is 2. The van der Waals surface area contributed by atoms with Gasteiger partial charge in [-0.15, -0.1) is 0 Å². The lowest BCUT2D eigenvalue weighted by Gasteiger charge is -2.25. The quantitative estimate of drug-likeness (QED) is 0.349. The minimum absolute atomic E-state index is 0.00317. The number of carbonyl (C=O) groups excluding carboxylic acids is 1. The third kappa shape index (κ3) is 7.66. The van der Waals surface area contributed by atoms with Gasteiger partial charge in [0.05, 0.1) is 23.3 Å². The van der Waals surface area contributed by atoms with Gasteiger partial charge >= 0.3 is 12.1 Å². The molecule has 0 aliphatic rings. The van der Waals surface area contributed by atoms with E-state index in [0.29, 0.717) is 5.56 Å². The van der Waals surface area contributed by atoms with Crippen LogP contribution in [0.5, 0.6) is 0 Å². The molecule has 0 aromatic heterocycles. The summed E-state index contributed by atoms with van der Waals surface area (Å²) in [5, 5.41) is 25.7. The Labute approximate surface area is 200 Å². The molecule has 0 saturated heterocycles. The molecular weight excluding hydrogens is 461 g/mol. The molecule has 0 heterocycles. The topological polar surface area (TPSA) is 98.7 Å². The Kier molecular flexibility index (Phi) is 8.62. The molecule has 184 valence electrons. The van der Waals surface area contributed by atoms with Crippen molar-refractivity contribution >= 4 is 11.9 Å². The highest BCUT2D eigenvalue weighted by molar-refractivity contribution is 5.97. The Morgan fingerprint density at radius 2 is 1.51 bits per heavy atom. The summed E-state index contributed by atoms with van der Waals surface area (Å²) in [6.07, 6.45) is -5.23. The summed E-state index contributed by atoms with van der Waals surface area (Å²) in [4.78, 5) is 24.0. The molecule has 2 atom stereocenters. The van der Waals surface area contributed by atoms with Crippen molar-refractivity contribution in [2.75, 3.05) is 6.54 Å². The second-order valence-electron chi connectivity index (χ2n) is 8.05. The van der Waals surface area contributed by atoms with Crippen LogP contribution in [0, 0.1) is 0 Å². The summed E-state index contributed by atoms with van der Waals surface area (Å²) in [5.41, 5.74) is 0.595. The van der Waals surface area contributed by atoms with Crippen LogP contribution in [0.4, 0.5) is 13.2 Å². The van der Waals surface area contributed by atoms with Crippen LogP contribution in [0.1, 0.15) is 37.4 Å². The summed E-state index contributed by atoms with van der Waals surface area (Å²) in [5.74, 6) is -1.72. The van der Waals surface area contributed by atoms with E-state index in [9.17, 15) is 27.9 Å². The van der Waals surface area contributed by atoms with Crippen LogP contribution in [0.3, 0.4) is 0 Å². The maximum atomic E-state index is 12.9. The normalized spacial score (nSPS) is 13.1. The van der Waals surface area contributed by atoms with Gasteiger partial charge in [0.25, 0.3) is 5.91 Å². The van der Waals surface area contributed by atoms with Crippen molar-refractivity contribution < 1.29 is 33.0 Å². The van der Waals surface area contributed by atoms with E-state index in [1.807, 2.05) is 30.3 Å². The van der Waals surface area contributed by atoms with Gasteiger partial charge in [-0.1, -0.05) is 54.6 Å². The number of halogens is 3. The summed E-state index contributed by atoms with van der Waals surface area (Å²) < 4.78 is 38.8. The SMILES string of the molecule is O=C(O)c1cccc(C(=O)N[C@@H](Cc2ccccc2)[C@@H](O)CNCc2cccc(C(F)(F)F)c2)c1. The molecule has 4 N–H and O–H groups in total. The molecule has 1 amide bonds. The number of aromatic carboxylic acids is 1.